The summed E-state index contributed by atoms with van der Waals surface area (Å²) in [6.45, 7) is 0. The van der Waals surface area contributed by atoms with Crippen LogP contribution in [0.25, 0.3) is 0 Å². The predicted octanol–water partition coefficient (Wildman–Crippen LogP) is -10.7. The Morgan fingerprint density at radius 2 is 0.333 bits per heavy atom. The van der Waals surface area contributed by atoms with Gasteiger partial charge in [-0.1, -0.05) is 0 Å². The monoisotopic (exact) mass is 1030 g/mol. The molecule has 36 heteroatoms. The molecule has 0 saturated heterocycles. The third-order valence-electron chi connectivity index (χ3n) is 3.45. The van der Waals surface area contributed by atoms with E-state index in [2.05, 4.69) is 27.1 Å². The van der Waals surface area contributed by atoms with E-state index in [1.165, 1.54) is 0 Å². The van der Waals surface area contributed by atoms with Gasteiger partial charge in [0.25, 0.3) is 0 Å². The predicted molar refractivity (Wildman–Crippen MR) is 74.9 cm³/mol. The van der Waals surface area contributed by atoms with Gasteiger partial charge in [-0.3, -0.25) is 0 Å². The summed E-state index contributed by atoms with van der Waals surface area (Å²) in [6, 6.07) is 0. The molecule has 6 radical (unpaired) electrons. The third kappa shape index (κ3) is 24.0. The Balaban J connectivity index is -0.000000540. The molecule has 0 heterocycles. The fourth-order valence-corrected chi connectivity index (χ4v) is 5.96. The molecule has 42 heavy (non-hydrogen) atoms. The van der Waals surface area contributed by atoms with Gasteiger partial charge >= 0.3 is 0 Å². The molecule has 0 aromatic heterocycles. The van der Waals surface area contributed by atoms with Crippen LogP contribution in [0.3, 0.4) is 0 Å². The Hall–Kier alpha value is 3.78. The van der Waals surface area contributed by atoms with Gasteiger partial charge in [0, 0.05) is 102 Å². The molecule has 1 saturated carbocycles. The molecule has 0 unspecified atom stereocenters. The molecular formula is C6H6Cu6O24P6-12. The van der Waals surface area contributed by atoms with Gasteiger partial charge in [-0.15, -0.1) is 0 Å². The topological polar surface area (TPSA) is 435 Å². The van der Waals surface area contributed by atoms with Crippen molar-refractivity contribution in [3.63, 3.8) is 0 Å². The first-order valence-electron chi connectivity index (χ1n) is 7.80. The first kappa shape index (κ1) is 58.0. The third-order valence-corrected chi connectivity index (χ3v) is 6.46. The van der Waals surface area contributed by atoms with Crippen molar-refractivity contribution in [1.29, 1.82) is 0 Å². The molecule has 0 N–H and O–H groups in total. The van der Waals surface area contributed by atoms with Gasteiger partial charge in [-0.2, -0.15) is 0 Å². The van der Waals surface area contributed by atoms with E-state index in [1.54, 1.807) is 0 Å². The van der Waals surface area contributed by atoms with E-state index < -0.39 is 83.6 Å². The molecule has 0 bridgehead atoms. The smallest absolute Gasteiger partial charge is 0.121 e. The molecule has 1 aliphatic rings. The first-order valence-corrected chi connectivity index (χ1v) is 16.6. The number of hydrogen-bond acceptors (Lipinski definition) is 24. The summed E-state index contributed by atoms with van der Waals surface area (Å²) in [7, 11) is -40.1. The molecule has 1 rings (SSSR count). The van der Waals surface area contributed by atoms with E-state index in [9.17, 15) is 86.1 Å². The second-order valence-corrected chi connectivity index (χ2v) is 12.7. The summed E-state index contributed by atoms with van der Waals surface area (Å²) in [6.07, 6.45) is -21.5. The summed E-state index contributed by atoms with van der Waals surface area (Å²) in [5.74, 6) is 0. The maximum atomic E-state index is 11.1. The quantitative estimate of drug-likeness (QED) is 0.129. The van der Waals surface area contributed by atoms with Crippen LogP contribution in [0.1, 0.15) is 0 Å². The molecule has 1 fully saturated rings. The minimum absolute atomic E-state index is 0. The summed E-state index contributed by atoms with van der Waals surface area (Å²) in [4.78, 5) is 133. The van der Waals surface area contributed by atoms with E-state index in [0.717, 1.165) is 0 Å². The second-order valence-electron chi connectivity index (χ2n) is 6.10. The fourth-order valence-electron chi connectivity index (χ4n) is 2.74. The Morgan fingerprint density at radius 3 is 0.381 bits per heavy atom. The molecule has 0 aliphatic heterocycles. The summed E-state index contributed by atoms with van der Waals surface area (Å²) >= 11 is 0. The zero-order valence-electron chi connectivity index (χ0n) is 17.8. The van der Waals surface area contributed by atoms with Crippen molar-refractivity contribution in [2.45, 2.75) is 36.6 Å². The van der Waals surface area contributed by atoms with Crippen LogP contribution in [-0.4, -0.2) is 36.6 Å². The van der Waals surface area contributed by atoms with Crippen LogP contribution < -0.4 is 58.7 Å². The maximum Gasteiger partial charge on any atom is 0.121 e. The van der Waals surface area contributed by atoms with Gasteiger partial charge in [-0.05, 0) is 0 Å². The molecule has 282 valence electrons. The van der Waals surface area contributed by atoms with Crippen LogP contribution in [0.5, 0.6) is 0 Å². The average molecular weight is 1030 g/mol. The van der Waals surface area contributed by atoms with Crippen molar-refractivity contribution in [3.8, 4) is 0 Å². The number of rotatable bonds is 12. The van der Waals surface area contributed by atoms with Crippen molar-refractivity contribution < 1.29 is 216 Å². The van der Waals surface area contributed by atoms with Gasteiger partial charge in [0.2, 0.25) is 0 Å². The molecule has 0 aromatic carbocycles. The Kier molecular flexibility index (Phi) is 29.1. The first-order chi connectivity index (χ1) is 15.6. The molecule has 0 atom stereocenters. The number of phosphoric ester groups is 6. The Bertz CT molecular complexity index is 843. The van der Waals surface area contributed by atoms with E-state index in [-0.39, 0.29) is 102 Å². The number of hydrogen-bond donors (Lipinski definition) is 0. The van der Waals surface area contributed by atoms with E-state index in [0.29, 0.717) is 0 Å². The standard InChI is InChI=1S/C6H18O24P6.6Cu/c7-31(8,9)25-1-2(26-32(10,11)12)4(28-34(16,17)18)6(30-36(22,23)24)5(29-35(19,20)21)3(1)27-33(13,14)15;;;;;;/h1-6H,(H2,7,8,9)(H2,10,11,12)(H2,13,14,15)(H2,16,17,18)(H2,19,20,21)(H2,22,23,24);;;;;;/p-12. The van der Waals surface area contributed by atoms with Crippen LogP contribution >= 0.6 is 46.9 Å². The summed E-state index contributed by atoms with van der Waals surface area (Å²) in [5.41, 5.74) is 0. The van der Waals surface area contributed by atoms with Gasteiger partial charge in [0.1, 0.15) is 36.6 Å². The minimum Gasteiger partial charge on any atom is -0.790 e. The van der Waals surface area contributed by atoms with E-state index in [1.807, 2.05) is 0 Å². The normalized spacial score (nSPS) is 25.1. The fraction of sp³-hybridized carbons (Fsp3) is 1.00. The average Bonchev–Trinajstić information content (AvgIpc) is 2.51. The summed E-state index contributed by atoms with van der Waals surface area (Å²) < 4.78 is 88.3. The van der Waals surface area contributed by atoms with Crippen molar-refractivity contribution in [1.82, 2.24) is 0 Å². The Morgan fingerprint density at radius 1 is 0.262 bits per heavy atom. The van der Waals surface area contributed by atoms with Gasteiger partial charge in [0.05, 0.1) is 46.9 Å². The van der Waals surface area contributed by atoms with Crippen molar-refractivity contribution in [2.24, 2.45) is 0 Å². The van der Waals surface area contributed by atoms with Crippen molar-refractivity contribution in [2.75, 3.05) is 0 Å². The largest absolute Gasteiger partial charge is 0.790 e. The van der Waals surface area contributed by atoms with Crippen molar-refractivity contribution in [3.05, 3.63) is 0 Å². The zero-order chi connectivity index (χ0) is 28.7. The summed E-state index contributed by atoms with van der Waals surface area (Å²) in [5, 5.41) is 0. The van der Waals surface area contributed by atoms with Crippen molar-refractivity contribution >= 4 is 46.9 Å². The van der Waals surface area contributed by atoms with Crippen LogP contribution in [0, 0.1) is 0 Å². The van der Waals surface area contributed by atoms with E-state index >= 15 is 0 Å². The van der Waals surface area contributed by atoms with E-state index in [4.69, 9.17) is 0 Å². The van der Waals surface area contributed by atoms with Crippen LogP contribution in [0.15, 0.2) is 0 Å². The van der Waals surface area contributed by atoms with Gasteiger partial charge in [-0.25, -0.2) is 0 Å². The second kappa shape index (κ2) is 21.1. The molecule has 0 aromatic rings. The van der Waals surface area contributed by atoms with Gasteiger partial charge in [0.15, 0.2) is 0 Å². The minimum atomic E-state index is -6.68. The zero-order valence-corrected chi connectivity index (χ0v) is 28.8. The number of phosphoric acid groups is 6. The molecule has 1 aliphatic carbocycles. The van der Waals surface area contributed by atoms with Crippen LogP contribution in [-0.2, 0) is 157 Å². The Labute approximate surface area is 297 Å². The SMILES string of the molecule is O=P([O-])([O-])OC1C(OP(=O)([O-])[O-])C(OP(=O)([O-])[O-])C(OP(=O)([O-])[O-])C(OP(=O)([O-])[O-])C1OP(=O)([O-])[O-].[Cu].[Cu].[Cu].[Cu].[Cu].[Cu]. The van der Waals surface area contributed by atoms with Crippen LogP contribution in [0.2, 0.25) is 0 Å². The molecule has 0 amide bonds. The van der Waals surface area contributed by atoms with Gasteiger partial charge < -0.3 is 113 Å². The molecule has 0 spiro atoms. The maximum absolute atomic E-state index is 11.1. The molecule has 24 nitrogen and oxygen atoms in total. The van der Waals surface area contributed by atoms with Crippen LogP contribution in [0.4, 0.5) is 0 Å². The molecular weight excluding hydrogens is 1020 g/mol.